The number of carbonyl (C=O) groups is 2. The van der Waals surface area contributed by atoms with Crippen LogP contribution in [-0.2, 0) is 9.53 Å². The molecule has 2 rings (SSSR count). The topological polar surface area (TPSA) is 79.7 Å². The number of hydrogen-bond donors (Lipinski definition) is 1. The van der Waals surface area contributed by atoms with Crippen LogP contribution in [0.2, 0.25) is 0 Å². The molecular weight excluding hydrogens is 304 g/mol. The molecule has 1 unspecified atom stereocenters. The number of amides is 1. The third kappa shape index (κ3) is 2.68. The SMILES string of the molecule is O=C(O)C1COCCN1C(=O)c1ccc(Br)cn1. The smallest absolute Gasteiger partial charge is 0.328 e. The van der Waals surface area contributed by atoms with Crippen molar-refractivity contribution in [3.8, 4) is 0 Å². The molecule has 18 heavy (non-hydrogen) atoms. The van der Waals surface area contributed by atoms with Gasteiger partial charge in [-0.1, -0.05) is 0 Å². The highest BCUT2D eigenvalue weighted by Crippen LogP contribution is 2.13. The molecule has 1 aromatic heterocycles. The molecule has 1 amide bonds. The van der Waals surface area contributed by atoms with Crippen LogP contribution in [0.15, 0.2) is 22.8 Å². The molecule has 1 aliphatic rings. The molecule has 0 spiro atoms. The summed E-state index contributed by atoms with van der Waals surface area (Å²) in [4.78, 5) is 28.5. The lowest BCUT2D eigenvalue weighted by atomic mass is 10.2. The number of carboxylic acid groups (broad SMARTS) is 1. The molecule has 1 atom stereocenters. The minimum Gasteiger partial charge on any atom is -0.480 e. The number of nitrogens with zero attached hydrogens (tertiary/aromatic N) is 2. The van der Waals surface area contributed by atoms with Gasteiger partial charge < -0.3 is 14.7 Å². The number of ether oxygens (including phenoxy) is 1. The highest BCUT2D eigenvalue weighted by Gasteiger charge is 2.33. The van der Waals surface area contributed by atoms with Crippen molar-refractivity contribution < 1.29 is 19.4 Å². The van der Waals surface area contributed by atoms with Crippen molar-refractivity contribution in [2.75, 3.05) is 19.8 Å². The second-order valence-corrected chi connectivity index (χ2v) is 4.70. The van der Waals surface area contributed by atoms with Gasteiger partial charge in [-0.3, -0.25) is 4.79 Å². The Kier molecular flexibility index (Phi) is 3.93. The van der Waals surface area contributed by atoms with Gasteiger partial charge in [0.25, 0.3) is 5.91 Å². The molecule has 0 bridgehead atoms. The number of pyridine rings is 1. The lowest BCUT2D eigenvalue weighted by molar-refractivity contribution is -0.147. The van der Waals surface area contributed by atoms with Crippen molar-refractivity contribution in [2.24, 2.45) is 0 Å². The summed E-state index contributed by atoms with van der Waals surface area (Å²) >= 11 is 3.22. The highest BCUT2D eigenvalue weighted by molar-refractivity contribution is 9.10. The Morgan fingerprint density at radius 1 is 1.50 bits per heavy atom. The van der Waals surface area contributed by atoms with E-state index in [4.69, 9.17) is 9.84 Å². The van der Waals surface area contributed by atoms with Crippen molar-refractivity contribution in [3.05, 3.63) is 28.5 Å². The van der Waals surface area contributed by atoms with Gasteiger partial charge in [-0.2, -0.15) is 0 Å². The second-order valence-electron chi connectivity index (χ2n) is 3.79. The van der Waals surface area contributed by atoms with E-state index in [1.165, 1.54) is 11.1 Å². The fourth-order valence-corrected chi connectivity index (χ4v) is 1.94. The quantitative estimate of drug-likeness (QED) is 0.872. The van der Waals surface area contributed by atoms with Crippen LogP contribution in [0.1, 0.15) is 10.5 Å². The Balaban J connectivity index is 2.20. The van der Waals surface area contributed by atoms with Gasteiger partial charge in [0.1, 0.15) is 5.69 Å². The van der Waals surface area contributed by atoms with Gasteiger partial charge in [0.05, 0.1) is 13.2 Å². The number of aromatic nitrogens is 1. The molecule has 0 aromatic carbocycles. The highest BCUT2D eigenvalue weighted by atomic mass is 79.9. The summed E-state index contributed by atoms with van der Waals surface area (Å²) in [7, 11) is 0. The predicted octanol–water partition coefficient (Wildman–Crippen LogP) is 0.770. The third-order valence-corrected chi connectivity index (χ3v) is 3.09. The molecule has 6 nitrogen and oxygen atoms in total. The van der Waals surface area contributed by atoms with Gasteiger partial charge in [0.15, 0.2) is 6.04 Å². The standard InChI is InChI=1S/C11H11BrN2O4/c12-7-1-2-8(13-5-7)10(15)14-3-4-18-6-9(14)11(16)17/h1-2,5,9H,3-4,6H2,(H,16,17). The Hall–Kier alpha value is -1.47. The van der Waals surface area contributed by atoms with Gasteiger partial charge in [-0.25, -0.2) is 9.78 Å². The summed E-state index contributed by atoms with van der Waals surface area (Å²) in [6, 6.07) is 2.30. The molecule has 1 N–H and O–H groups in total. The number of carbonyl (C=O) groups excluding carboxylic acids is 1. The van der Waals surface area contributed by atoms with Gasteiger partial charge in [0.2, 0.25) is 0 Å². The zero-order valence-corrected chi connectivity index (χ0v) is 11.0. The number of halogens is 1. The normalized spacial score (nSPS) is 19.6. The van der Waals surface area contributed by atoms with Crippen LogP contribution in [0.4, 0.5) is 0 Å². The van der Waals surface area contributed by atoms with Crippen molar-refractivity contribution in [3.63, 3.8) is 0 Å². The van der Waals surface area contributed by atoms with Crippen molar-refractivity contribution in [1.29, 1.82) is 0 Å². The summed E-state index contributed by atoms with van der Waals surface area (Å²) in [5.41, 5.74) is 0.228. The molecule has 1 saturated heterocycles. The Morgan fingerprint density at radius 3 is 2.89 bits per heavy atom. The first-order valence-corrected chi connectivity index (χ1v) is 6.12. The van der Waals surface area contributed by atoms with Crippen LogP contribution in [-0.4, -0.2) is 52.7 Å². The van der Waals surface area contributed by atoms with Crippen molar-refractivity contribution in [1.82, 2.24) is 9.88 Å². The minimum absolute atomic E-state index is 0.0115. The van der Waals surface area contributed by atoms with Crippen LogP contribution in [0.25, 0.3) is 0 Å². The average Bonchev–Trinajstić information content (AvgIpc) is 2.39. The van der Waals surface area contributed by atoms with Crippen LogP contribution >= 0.6 is 15.9 Å². The summed E-state index contributed by atoms with van der Waals surface area (Å²) in [5.74, 6) is -1.46. The number of aliphatic carboxylic acids is 1. The Morgan fingerprint density at radius 2 is 2.28 bits per heavy atom. The lowest BCUT2D eigenvalue weighted by Gasteiger charge is -2.32. The predicted molar refractivity (Wildman–Crippen MR) is 65.2 cm³/mol. The first kappa shape index (κ1) is 13.0. The number of rotatable bonds is 2. The summed E-state index contributed by atoms with van der Waals surface area (Å²) < 4.78 is 5.84. The van der Waals surface area contributed by atoms with Crippen molar-refractivity contribution in [2.45, 2.75) is 6.04 Å². The van der Waals surface area contributed by atoms with Gasteiger partial charge in [0, 0.05) is 17.2 Å². The number of carboxylic acids is 1. The molecule has 96 valence electrons. The first-order chi connectivity index (χ1) is 8.59. The summed E-state index contributed by atoms with van der Waals surface area (Å²) in [5, 5.41) is 9.05. The Bertz CT molecular complexity index is 463. The maximum Gasteiger partial charge on any atom is 0.328 e. The number of hydrogen-bond acceptors (Lipinski definition) is 4. The lowest BCUT2D eigenvalue weighted by Crippen LogP contribution is -2.52. The van der Waals surface area contributed by atoms with Crippen LogP contribution < -0.4 is 0 Å². The second kappa shape index (κ2) is 5.45. The molecular formula is C11H11BrN2O4. The molecule has 2 heterocycles. The maximum absolute atomic E-state index is 12.2. The maximum atomic E-state index is 12.2. The van der Waals surface area contributed by atoms with E-state index >= 15 is 0 Å². The van der Waals surface area contributed by atoms with E-state index in [0.717, 1.165) is 4.47 Å². The van der Waals surface area contributed by atoms with E-state index in [1.807, 2.05) is 0 Å². The van der Waals surface area contributed by atoms with Gasteiger partial charge in [-0.15, -0.1) is 0 Å². The zero-order chi connectivity index (χ0) is 13.1. The monoisotopic (exact) mass is 314 g/mol. The third-order valence-electron chi connectivity index (χ3n) is 2.62. The summed E-state index contributed by atoms with van der Waals surface area (Å²) in [6.45, 7) is 0.608. The minimum atomic E-state index is -1.07. The molecule has 7 heteroatoms. The fourth-order valence-electron chi connectivity index (χ4n) is 1.70. The van der Waals surface area contributed by atoms with E-state index < -0.39 is 17.9 Å². The summed E-state index contributed by atoms with van der Waals surface area (Å²) in [6.07, 6.45) is 1.50. The van der Waals surface area contributed by atoms with E-state index in [2.05, 4.69) is 20.9 Å². The molecule has 1 aliphatic heterocycles. The zero-order valence-electron chi connectivity index (χ0n) is 9.38. The molecule has 0 aliphatic carbocycles. The van der Waals surface area contributed by atoms with E-state index in [-0.39, 0.29) is 18.8 Å². The molecule has 0 radical (unpaired) electrons. The van der Waals surface area contributed by atoms with E-state index in [1.54, 1.807) is 12.1 Å². The molecule has 1 aromatic rings. The van der Waals surface area contributed by atoms with Crippen LogP contribution in [0.3, 0.4) is 0 Å². The van der Waals surface area contributed by atoms with Crippen molar-refractivity contribution >= 4 is 27.8 Å². The van der Waals surface area contributed by atoms with Gasteiger partial charge in [-0.05, 0) is 28.1 Å². The average molecular weight is 315 g/mol. The van der Waals surface area contributed by atoms with Gasteiger partial charge >= 0.3 is 5.97 Å². The fraction of sp³-hybridized carbons (Fsp3) is 0.364. The molecule has 1 fully saturated rings. The number of morpholine rings is 1. The van der Waals surface area contributed by atoms with E-state index in [0.29, 0.717) is 6.61 Å². The van der Waals surface area contributed by atoms with Crippen LogP contribution in [0, 0.1) is 0 Å². The first-order valence-electron chi connectivity index (χ1n) is 5.32. The largest absolute Gasteiger partial charge is 0.480 e. The van der Waals surface area contributed by atoms with Crippen LogP contribution in [0.5, 0.6) is 0 Å². The Labute approximate surface area is 112 Å². The molecule has 0 saturated carbocycles. The van der Waals surface area contributed by atoms with E-state index in [9.17, 15) is 9.59 Å².